The second-order valence-corrected chi connectivity index (χ2v) is 9.74. The second kappa shape index (κ2) is 10.6. The summed E-state index contributed by atoms with van der Waals surface area (Å²) in [5.41, 5.74) is 3.57. The van der Waals surface area contributed by atoms with E-state index in [1.54, 1.807) is 0 Å². The van der Waals surface area contributed by atoms with E-state index >= 15 is 0 Å². The van der Waals surface area contributed by atoms with Crippen molar-refractivity contribution in [2.45, 2.75) is 62.8 Å². The molecule has 33 heavy (non-hydrogen) atoms. The van der Waals surface area contributed by atoms with Crippen molar-refractivity contribution in [1.82, 2.24) is 25.1 Å². The van der Waals surface area contributed by atoms with Gasteiger partial charge in [-0.05, 0) is 51.0 Å². The Morgan fingerprint density at radius 3 is 3.03 bits per heavy atom. The number of fused-ring (bicyclic) bond motifs is 1. The largest absolute Gasteiger partial charge is 0.376 e. The lowest BCUT2D eigenvalue weighted by Crippen LogP contribution is -2.26. The van der Waals surface area contributed by atoms with Crippen LogP contribution in [-0.4, -0.2) is 50.7 Å². The zero-order valence-electron chi connectivity index (χ0n) is 18.9. The summed E-state index contributed by atoms with van der Waals surface area (Å²) in [4.78, 5) is 15.8. The Bertz CT molecular complexity index is 1130. The Hall–Kier alpha value is -2.58. The van der Waals surface area contributed by atoms with Gasteiger partial charge in [0.1, 0.15) is 0 Å². The molecule has 1 fully saturated rings. The highest BCUT2D eigenvalue weighted by Crippen LogP contribution is 2.31. The van der Waals surface area contributed by atoms with Gasteiger partial charge in [0, 0.05) is 35.8 Å². The van der Waals surface area contributed by atoms with Gasteiger partial charge in [0.05, 0.1) is 18.4 Å². The monoisotopic (exact) mass is 465 g/mol. The molecule has 2 N–H and O–H groups in total. The highest BCUT2D eigenvalue weighted by Gasteiger charge is 2.23. The number of nitrogens with one attached hydrogen (secondary N) is 2. The van der Waals surface area contributed by atoms with Gasteiger partial charge in [-0.2, -0.15) is 0 Å². The summed E-state index contributed by atoms with van der Waals surface area (Å²) in [7, 11) is 0. The number of carbonyl (C=O) groups excluding carboxylic acids is 1. The average molecular weight is 466 g/mol. The third-order valence-corrected chi connectivity index (χ3v) is 7.41. The number of aromatic nitrogens is 4. The standard InChI is InChI=1S/C25H31N5O2S/c31-23(26-13-12-18-7-2-1-3-8-18)17-33-25-29-28-24(30(25)16-19-9-6-14-32-19)21-15-27-22-11-5-4-10-20(21)22/h4-5,7,10-11,15,19,27H,1-3,6,8-9,12-14,16-17H2,(H,26,31). The molecule has 5 rings (SSSR count). The molecule has 7 nitrogen and oxygen atoms in total. The van der Waals surface area contributed by atoms with Gasteiger partial charge in [-0.1, -0.05) is 41.6 Å². The van der Waals surface area contributed by atoms with Crippen molar-refractivity contribution < 1.29 is 9.53 Å². The third-order valence-electron chi connectivity index (χ3n) is 6.44. The minimum absolute atomic E-state index is 0.0386. The Morgan fingerprint density at radius 1 is 1.24 bits per heavy atom. The van der Waals surface area contributed by atoms with Crippen LogP contribution in [0.3, 0.4) is 0 Å². The maximum Gasteiger partial charge on any atom is 0.230 e. The molecule has 0 bridgehead atoms. The van der Waals surface area contributed by atoms with E-state index in [1.807, 2.05) is 18.3 Å². The van der Waals surface area contributed by atoms with Gasteiger partial charge in [0.2, 0.25) is 5.91 Å². The number of hydrogen-bond donors (Lipinski definition) is 2. The van der Waals surface area contributed by atoms with Crippen molar-refractivity contribution in [2.75, 3.05) is 18.9 Å². The normalized spacial score (nSPS) is 18.5. The minimum Gasteiger partial charge on any atom is -0.376 e. The van der Waals surface area contributed by atoms with E-state index in [-0.39, 0.29) is 12.0 Å². The lowest BCUT2D eigenvalue weighted by molar-refractivity contribution is -0.118. The summed E-state index contributed by atoms with van der Waals surface area (Å²) >= 11 is 1.44. The first-order chi connectivity index (χ1) is 16.3. The summed E-state index contributed by atoms with van der Waals surface area (Å²) in [5, 5.41) is 13.9. The minimum atomic E-state index is 0.0386. The van der Waals surface area contributed by atoms with E-state index in [4.69, 9.17) is 4.74 Å². The first kappa shape index (κ1) is 22.2. The topological polar surface area (TPSA) is 84.8 Å². The molecule has 0 saturated carbocycles. The quantitative estimate of drug-likeness (QED) is 0.353. The summed E-state index contributed by atoms with van der Waals surface area (Å²) in [6.07, 6.45) is 12.5. The van der Waals surface area contributed by atoms with Crippen molar-refractivity contribution in [3.8, 4) is 11.4 Å². The van der Waals surface area contributed by atoms with Gasteiger partial charge in [0.25, 0.3) is 0 Å². The lowest BCUT2D eigenvalue weighted by Gasteiger charge is -2.15. The van der Waals surface area contributed by atoms with Crippen LogP contribution in [0.4, 0.5) is 0 Å². The number of ether oxygens (including phenoxy) is 1. The highest BCUT2D eigenvalue weighted by atomic mass is 32.2. The van der Waals surface area contributed by atoms with Crippen LogP contribution in [0.1, 0.15) is 44.9 Å². The van der Waals surface area contributed by atoms with Gasteiger partial charge in [-0.15, -0.1) is 10.2 Å². The van der Waals surface area contributed by atoms with E-state index in [1.165, 1.54) is 43.0 Å². The van der Waals surface area contributed by atoms with Gasteiger partial charge in [-0.25, -0.2) is 0 Å². The first-order valence-electron chi connectivity index (χ1n) is 12.0. The van der Waals surface area contributed by atoms with Crippen molar-refractivity contribution >= 4 is 28.6 Å². The summed E-state index contributed by atoms with van der Waals surface area (Å²) in [5.74, 6) is 1.18. The molecule has 3 heterocycles. The maximum absolute atomic E-state index is 12.5. The smallest absolute Gasteiger partial charge is 0.230 e. The van der Waals surface area contributed by atoms with Crippen LogP contribution >= 0.6 is 11.8 Å². The van der Waals surface area contributed by atoms with Gasteiger partial charge in [0.15, 0.2) is 11.0 Å². The van der Waals surface area contributed by atoms with Crippen LogP contribution in [0.2, 0.25) is 0 Å². The summed E-state index contributed by atoms with van der Waals surface area (Å²) in [6.45, 7) is 2.20. The SMILES string of the molecule is O=C(CSc1nnc(-c2c[nH]c3ccccc23)n1CC1CCCO1)NCCC1=CCCCC1. The number of amides is 1. The van der Waals surface area contributed by atoms with Crippen LogP contribution in [0.15, 0.2) is 47.3 Å². The van der Waals surface area contributed by atoms with E-state index in [2.05, 4.69) is 43.3 Å². The van der Waals surface area contributed by atoms with Crippen molar-refractivity contribution in [1.29, 1.82) is 0 Å². The third kappa shape index (κ3) is 5.33. The van der Waals surface area contributed by atoms with E-state index in [9.17, 15) is 4.79 Å². The molecular formula is C25H31N5O2S. The summed E-state index contributed by atoms with van der Waals surface area (Å²) < 4.78 is 8.02. The van der Waals surface area contributed by atoms with E-state index in [0.717, 1.165) is 53.3 Å². The molecule has 8 heteroatoms. The molecule has 3 aromatic rings. The van der Waals surface area contributed by atoms with Gasteiger partial charge >= 0.3 is 0 Å². The molecule has 1 saturated heterocycles. The van der Waals surface area contributed by atoms with E-state index < -0.39 is 0 Å². The average Bonchev–Trinajstić information content (AvgIpc) is 3.59. The number of rotatable bonds is 9. The van der Waals surface area contributed by atoms with Crippen LogP contribution in [-0.2, 0) is 16.1 Å². The zero-order valence-corrected chi connectivity index (χ0v) is 19.7. The van der Waals surface area contributed by atoms with Crippen LogP contribution in [0, 0.1) is 0 Å². The van der Waals surface area contributed by atoms with Crippen LogP contribution in [0.25, 0.3) is 22.3 Å². The molecule has 0 spiro atoms. The number of H-pyrrole nitrogens is 1. The Labute approximate surface area is 198 Å². The fourth-order valence-corrected chi connectivity index (χ4v) is 5.46. The number of thioether (sulfide) groups is 1. The number of hydrogen-bond acceptors (Lipinski definition) is 5. The molecule has 2 aromatic heterocycles. The fraction of sp³-hybridized carbons (Fsp3) is 0.480. The van der Waals surface area contributed by atoms with Gasteiger partial charge < -0.3 is 15.0 Å². The van der Waals surface area contributed by atoms with Gasteiger partial charge in [-0.3, -0.25) is 9.36 Å². The second-order valence-electron chi connectivity index (χ2n) is 8.80. The molecule has 1 atom stereocenters. The Morgan fingerprint density at radius 2 is 2.18 bits per heavy atom. The van der Waals surface area contributed by atoms with Crippen LogP contribution in [0.5, 0.6) is 0 Å². The zero-order chi connectivity index (χ0) is 22.5. The molecule has 1 aromatic carbocycles. The molecule has 1 amide bonds. The van der Waals surface area contributed by atoms with Crippen LogP contribution < -0.4 is 5.32 Å². The number of allylic oxidation sites excluding steroid dienone is 1. The highest BCUT2D eigenvalue weighted by molar-refractivity contribution is 7.99. The molecule has 1 aliphatic carbocycles. The van der Waals surface area contributed by atoms with Crippen molar-refractivity contribution in [3.63, 3.8) is 0 Å². The number of aromatic amines is 1. The Balaban J connectivity index is 1.27. The predicted molar refractivity (Wildman–Crippen MR) is 131 cm³/mol. The predicted octanol–water partition coefficient (Wildman–Crippen LogP) is 4.70. The van der Waals surface area contributed by atoms with Crippen molar-refractivity contribution in [3.05, 3.63) is 42.1 Å². The Kier molecular flexibility index (Phi) is 7.12. The maximum atomic E-state index is 12.5. The molecule has 1 aliphatic heterocycles. The fourth-order valence-electron chi connectivity index (χ4n) is 4.68. The lowest BCUT2D eigenvalue weighted by atomic mass is 9.97. The number of benzene rings is 1. The molecule has 1 unspecified atom stereocenters. The first-order valence-corrected chi connectivity index (χ1v) is 12.9. The molecular weight excluding hydrogens is 434 g/mol. The number of nitrogens with zero attached hydrogens (tertiary/aromatic N) is 3. The van der Waals surface area contributed by atoms with Crippen molar-refractivity contribution in [2.24, 2.45) is 0 Å². The van der Waals surface area contributed by atoms with E-state index in [0.29, 0.717) is 18.8 Å². The molecule has 174 valence electrons. The number of carbonyl (C=O) groups is 1. The summed E-state index contributed by atoms with van der Waals surface area (Å²) in [6, 6.07) is 8.20. The molecule has 2 aliphatic rings. The number of para-hydroxylation sites is 1. The molecule has 0 radical (unpaired) electrons.